The van der Waals surface area contributed by atoms with Crippen molar-refractivity contribution in [2.75, 3.05) is 0 Å². The first-order valence-corrected chi connectivity index (χ1v) is 2.85. The van der Waals surface area contributed by atoms with Crippen molar-refractivity contribution in [3.8, 4) is 0 Å². The molecule has 0 bridgehead atoms. The summed E-state index contributed by atoms with van der Waals surface area (Å²) in [5.74, 6) is 0. The zero-order valence-electron chi connectivity index (χ0n) is 4.77. The van der Waals surface area contributed by atoms with E-state index in [-0.39, 0.29) is 21.1 Å². The third-order valence-electron chi connectivity index (χ3n) is 1.37. The third-order valence-corrected chi connectivity index (χ3v) is 1.37. The van der Waals surface area contributed by atoms with Crippen LogP contribution in [0.25, 0.3) is 0 Å². The third kappa shape index (κ3) is 2.81. The number of hydrogen-bond acceptors (Lipinski definition) is 0. The van der Waals surface area contributed by atoms with Gasteiger partial charge < -0.3 is 6.42 Å². The molecule has 0 unspecified atom stereocenters. The van der Waals surface area contributed by atoms with E-state index >= 15 is 0 Å². The fraction of sp³-hybridized carbons (Fsp3) is 0.833. The predicted molar refractivity (Wildman–Crippen MR) is 27.7 cm³/mol. The SMILES string of the molecule is FC1CC[CH-]CC1.[W]. The summed E-state index contributed by atoms with van der Waals surface area (Å²) in [5.41, 5.74) is 0. The molecule has 0 saturated heterocycles. The maximum Gasteiger partial charge on any atom is 0.0953 e. The average molecular weight is 285 g/mol. The first-order valence-electron chi connectivity index (χ1n) is 2.85. The summed E-state index contributed by atoms with van der Waals surface area (Å²) in [6.45, 7) is 0. The molecule has 0 N–H and O–H groups in total. The van der Waals surface area contributed by atoms with E-state index in [4.69, 9.17) is 0 Å². The number of rotatable bonds is 0. The normalized spacial score (nSPS) is 22.1. The van der Waals surface area contributed by atoms with Crippen LogP contribution in [0.15, 0.2) is 0 Å². The minimum absolute atomic E-state index is 0. The minimum atomic E-state index is -0.495. The Bertz CT molecular complexity index is 50.5. The van der Waals surface area contributed by atoms with Crippen LogP contribution in [-0.4, -0.2) is 6.17 Å². The van der Waals surface area contributed by atoms with Gasteiger partial charge in [0, 0.05) is 21.1 Å². The molecule has 0 aliphatic heterocycles. The molecule has 0 aromatic carbocycles. The molecule has 1 rings (SSSR count). The van der Waals surface area contributed by atoms with Crippen LogP contribution in [0.5, 0.6) is 0 Å². The van der Waals surface area contributed by atoms with Gasteiger partial charge in [-0.1, -0.05) is 0 Å². The maximum absolute atomic E-state index is 12.2. The van der Waals surface area contributed by atoms with Gasteiger partial charge in [0.1, 0.15) is 0 Å². The Kier molecular flexibility index (Phi) is 4.84. The first kappa shape index (κ1) is 8.62. The van der Waals surface area contributed by atoms with Crippen LogP contribution in [0.4, 0.5) is 4.39 Å². The molecule has 0 heterocycles. The molecule has 0 spiro atoms. The van der Waals surface area contributed by atoms with E-state index < -0.39 is 6.17 Å². The second-order valence-electron chi connectivity index (χ2n) is 2.04. The van der Waals surface area contributed by atoms with Gasteiger partial charge in [-0.25, -0.2) is 4.39 Å². The maximum atomic E-state index is 12.2. The smallest absolute Gasteiger partial charge is 0.0953 e. The summed E-state index contributed by atoms with van der Waals surface area (Å²) < 4.78 is 12.2. The Hall–Kier alpha value is 0.618. The molecule has 0 aromatic rings. The van der Waals surface area contributed by atoms with Crippen LogP contribution in [-0.2, 0) is 21.1 Å². The van der Waals surface area contributed by atoms with Crippen molar-refractivity contribution in [2.45, 2.75) is 31.9 Å². The summed E-state index contributed by atoms with van der Waals surface area (Å²) in [5, 5.41) is 0. The summed E-state index contributed by atoms with van der Waals surface area (Å²) in [6, 6.07) is 0. The number of halogens is 1. The predicted octanol–water partition coefficient (Wildman–Crippen LogP) is 2.10. The largest absolute Gasteiger partial charge is 0.328 e. The fourth-order valence-corrected chi connectivity index (χ4v) is 0.886. The van der Waals surface area contributed by atoms with Gasteiger partial charge in [-0.05, 0) is 12.8 Å². The van der Waals surface area contributed by atoms with Gasteiger partial charge >= 0.3 is 0 Å². The Morgan fingerprint density at radius 1 is 1.25 bits per heavy atom. The van der Waals surface area contributed by atoms with Crippen LogP contribution < -0.4 is 0 Å². The molecule has 1 aliphatic carbocycles. The van der Waals surface area contributed by atoms with Gasteiger partial charge in [-0.2, -0.15) is 12.8 Å². The van der Waals surface area contributed by atoms with Gasteiger partial charge in [-0.3, -0.25) is 0 Å². The second kappa shape index (κ2) is 4.49. The van der Waals surface area contributed by atoms with Crippen LogP contribution in [0.1, 0.15) is 25.7 Å². The van der Waals surface area contributed by atoms with Crippen molar-refractivity contribution < 1.29 is 25.5 Å². The topological polar surface area (TPSA) is 0 Å². The van der Waals surface area contributed by atoms with Gasteiger partial charge in [0.05, 0.1) is 6.17 Å². The number of alkyl halides is 1. The summed E-state index contributed by atoms with van der Waals surface area (Å²) in [4.78, 5) is 0. The first-order chi connectivity index (χ1) is 3.39. The monoisotopic (exact) mass is 285 g/mol. The molecule has 0 atom stereocenters. The second-order valence-corrected chi connectivity index (χ2v) is 2.04. The van der Waals surface area contributed by atoms with E-state index in [1.807, 2.05) is 0 Å². The van der Waals surface area contributed by atoms with Crippen molar-refractivity contribution in [1.82, 2.24) is 0 Å². The molecule has 1 fully saturated rings. The van der Waals surface area contributed by atoms with Crippen LogP contribution in [0.2, 0.25) is 0 Å². The quantitative estimate of drug-likeness (QED) is 0.598. The van der Waals surface area contributed by atoms with Crippen LogP contribution in [0.3, 0.4) is 0 Å². The molecule has 48 valence electrons. The molecular weight excluding hydrogens is 275 g/mol. The van der Waals surface area contributed by atoms with Crippen molar-refractivity contribution in [3.63, 3.8) is 0 Å². The Morgan fingerprint density at radius 3 is 2.00 bits per heavy atom. The molecule has 8 heavy (non-hydrogen) atoms. The van der Waals surface area contributed by atoms with Crippen molar-refractivity contribution in [1.29, 1.82) is 0 Å². The molecule has 0 aromatic heterocycles. The van der Waals surface area contributed by atoms with Gasteiger partial charge in [0.2, 0.25) is 0 Å². The van der Waals surface area contributed by atoms with E-state index in [2.05, 4.69) is 6.42 Å². The zero-order chi connectivity index (χ0) is 5.11. The Morgan fingerprint density at radius 2 is 1.75 bits per heavy atom. The van der Waals surface area contributed by atoms with Crippen molar-refractivity contribution in [2.24, 2.45) is 0 Å². The average Bonchev–Trinajstić information content (AvgIpc) is 1.69. The van der Waals surface area contributed by atoms with E-state index in [9.17, 15) is 4.39 Å². The summed E-state index contributed by atoms with van der Waals surface area (Å²) >= 11 is 0. The van der Waals surface area contributed by atoms with Gasteiger partial charge in [-0.15, -0.1) is 0 Å². The molecule has 0 radical (unpaired) electrons. The Labute approximate surface area is 64.1 Å². The summed E-state index contributed by atoms with van der Waals surface area (Å²) in [7, 11) is 0. The van der Waals surface area contributed by atoms with Gasteiger partial charge in [0.15, 0.2) is 0 Å². The molecule has 0 nitrogen and oxygen atoms in total. The van der Waals surface area contributed by atoms with E-state index in [0.29, 0.717) is 0 Å². The molecule has 0 amide bonds. The van der Waals surface area contributed by atoms with Crippen molar-refractivity contribution in [3.05, 3.63) is 6.42 Å². The van der Waals surface area contributed by atoms with E-state index in [1.54, 1.807) is 0 Å². The van der Waals surface area contributed by atoms with Crippen LogP contribution >= 0.6 is 0 Å². The fourth-order valence-electron chi connectivity index (χ4n) is 0.886. The minimum Gasteiger partial charge on any atom is -0.328 e. The Balaban J connectivity index is 0.000000490. The van der Waals surface area contributed by atoms with E-state index in [0.717, 1.165) is 25.7 Å². The molecule has 2 heteroatoms. The van der Waals surface area contributed by atoms with Crippen LogP contribution in [0, 0.1) is 6.42 Å². The standard InChI is InChI=1S/C6H10F.W/c7-6-4-2-1-3-5-6;/h1,6H,2-5H2;/q-1;. The van der Waals surface area contributed by atoms with Crippen molar-refractivity contribution >= 4 is 0 Å². The molecule has 1 aliphatic rings. The number of hydrogen-bond donors (Lipinski definition) is 0. The molecular formula is C6H10FW-. The van der Waals surface area contributed by atoms with Gasteiger partial charge in [0.25, 0.3) is 0 Å². The zero-order valence-corrected chi connectivity index (χ0v) is 7.70. The summed E-state index contributed by atoms with van der Waals surface area (Å²) in [6.07, 6.45) is 5.17. The molecule has 1 saturated carbocycles. The van der Waals surface area contributed by atoms with E-state index in [1.165, 1.54) is 0 Å².